The SMILES string of the molecule is CC(Cc1ccccc1O)[Si](C)(C)c1ccccc1. The van der Waals surface area contributed by atoms with Crippen molar-refractivity contribution in [3.63, 3.8) is 0 Å². The molecular weight excluding hydrogens is 248 g/mol. The van der Waals surface area contributed by atoms with E-state index in [0.29, 0.717) is 11.3 Å². The number of phenolic OH excluding ortho intramolecular Hbond substituents is 1. The third-order valence-electron chi connectivity index (χ3n) is 4.27. The van der Waals surface area contributed by atoms with Crippen LogP contribution in [0.2, 0.25) is 18.6 Å². The van der Waals surface area contributed by atoms with Crippen molar-refractivity contribution in [2.45, 2.75) is 32.0 Å². The van der Waals surface area contributed by atoms with Crippen LogP contribution >= 0.6 is 0 Å². The van der Waals surface area contributed by atoms with Gasteiger partial charge in [-0.15, -0.1) is 0 Å². The first-order valence-electron chi connectivity index (χ1n) is 6.84. The van der Waals surface area contributed by atoms with Crippen LogP contribution in [0.1, 0.15) is 12.5 Å². The number of hydrogen-bond donors (Lipinski definition) is 1. The molecule has 2 heteroatoms. The molecule has 1 N–H and O–H groups in total. The second-order valence-corrected chi connectivity index (χ2v) is 10.8. The first kappa shape index (κ1) is 13.9. The zero-order valence-corrected chi connectivity index (χ0v) is 12.9. The van der Waals surface area contributed by atoms with Crippen LogP contribution in [0.25, 0.3) is 0 Å². The van der Waals surface area contributed by atoms with E-state index < -0.39 is 8.07 Å². The van der Waals surface area contributed by atoms with Crippen molar-refractivity contribution in [1.29, 1.82) is 0 Å². The van der Waals surface area contributed by atoms with Gasteiger partial charge in [0.25, 0.3) is 0 Å². The minimum absolute atomic E-state index is 0.423. The molecule has 0 bridgehead atoms. The van der Waals surface area contributed by atoms with Crippen LogP contribution in [-0.4, -0.2) is 13.2 Å². The van der Waals surface area contributed by atoms with Crippen LogP contribution in [-0.2, 0) is 6.42 Å². The summed E-state index contributed by atoms with van der Waals surface area (Å²) in [5, 5.41) is 11.4. The molecule has 0 aliphatic heterocycles. The molecule has 0 saturated carbocycles. The molecule has 2 rings (SSSR count). The molecule has 0 radical (unpaired) electrons. The number of para-hydroxylation sites is 1. The molecule has 0 aromatic heterocycles. The van der Waals surface area contributed by atoms with E-state index in [1.807, 2.05) is 18.2 Å². The summed E-state index contributed by atoms with van der Waals surface area (Å²) in [5.41, 5.74) is 1.65. The van der Waals surface area contributed by atoms with Crippen LogP contribution in [0.4, 0.5) is 0 Å². The summed E-state index contributed by atoms with van der Waals surface area (Å²) in [5.74, 6) is 0.423. The second-order valence-electron chi connectivity index (χ2n) is 5.82. The maximum absolute atomic E-state index is 9.91. The van der Waals surface area contributed by atoms with Gasteiger partial charge in [-0.1, -0.05) is 73.7 Å². The normalized spacial score (nSPS) is 13.2. The maximum atomic E-state index is 9.91. The molecule has 0 aliphatic rings. The van der Waals surface area contributed by atoms with Crippen LogP contribution in [0.3, 0.4) is 0 Å². The average molecular weight is 270 g/mol. The maximum Gasteiger partial charge on any atom is 0.118 e. The molecule has 1 nitrogen and oxygen atoms in total. The van der Waals surface area contributed by atoms with E-state index in [0.717, 1.165) is 12.0 Å². The molecule has 2 aromatic carbocycles. The van der Waals surface area contributed by atoms with E-state index in [1.54, 1.807) is 6.07 Å². The summed E-state index contributed by atoms with van der Waals surface area (Å²) >= 11 is 0. The lowest BCUT2D eigenvalue weighted by molar-refractivity contribution is 0.467. The third-order valence-corrected chi connectivity index (χ3v) is 8.76. The van der Waals surface area contributed by atoms with Crippen LogP contribution in [0.15, 0.2) is 54.6 Å². The third kappa shape index (κ3) is 3.07. The summed E-state index contributed by atoms with van der Waals surface area (Å²) in [7, 11) is -1.50. The van der Waals surface area contributed by atoms with E-state index in [4.69, 9.17) is 0 Å². The summed E-state index contributed by atoms with van der Waals surface area (Å²) in [4.78, 5) is 0. The molecule has 0 spiro atoms. The van der Waals surface area contributed by atoms with Crippen molar-refractivity contribution in [2.75, 3.05) is 0 Å². The smallest absolute Gasteiger partial charge is 0.118 e. The standard InChI is InChI=1S/C17H22OSi/c1-14(13-15-9-7-8-12-17(15)18)19(2,3)16-10-5-4-6-11-16/h4-12,14,18H,13H2,1-3H3. The molecule has 0 heterocycles. The van der Waals surface area contributed by atoms with Gasteiger partial charge in [0, 0.05) is 0 Å². The summed E-state index contributed by atoms with van der Waals surface area (Å²) in [6.45, 7) is 7.13. The Morgan fingerprint density at radius 1 is 0.947 bits per heavy atom. The summed E-state index contributed by atoms with van der Waals surface area (Å²) < 4.78 is 0. The van der Waals surface area contributed by atoms with Gasteiger partial charge in [0.15, 0.2) is 0 Å². The van der Waals surface area contributed by atoms with Crippen LogP contribution in [0, 0.1) is 0 Å². The first-order chi connectivity index (χ1) is 9.01. The van der Waals surface area contributed by atoms with Gasteiger partial charge in [-0.2, -0.15) is 0 Å². The Labute approximate surface area is 116 Å². The lowest BCUT2D eigenvalue weighted by atomic mass is 10.1. The van der Waals surface area contributed by atoms with E-state index in [-0.39, 0.29) is 0 Å². The second kappa shape index (κ2) is 5.62. The molecule has 1 unspecified atom stereocenters. The number of phenols is 1. The van der Waals surface area contributed by atoms with Crippen molar-refractivity contribution in [1.82, 2.24) is 0 Å². The van der Waals surface area contributed by atoms with E-state index >= 15 is 0 Å². The highest BCUT2D eigenvalue weighted by molar-refractivity contribution is 6.90. The molecule has 0 amide bonds. The minimum atomic E-state index is -1.50. The average Bonchev–Trinajstić information content (AvgIpc) is 2.42. The first-order valence-corrected chi connectivity index (χ1v) is 9.92. The highest BCUT2D eigenvalue weighted by atomic mass is 28.3. The van der Waals surface area contributed by atoms with Crippen molar-refractivity contribution in [3.05, 3.63) is 60.2 Å². The lowest BCUT2D eigenvalue weighted by Crippen LogP contribution is -2.45. The van der Waals surface area contributed by atoms with Gasteiger partial charge >= 0.3 is 0 Å². The van der Waals surface area contributed by atoms with Crippen molar-refractivity contribution in [2.24, 2.45) is 0 Å². The van der Waals surface area contributed by atoms with Gasteiger partial charge in [0.1, 0.15) is 5.75 Å². The highest BCUT2D eigenvalue weighted by Crippen LogP contribution is 2.29. The monoisotopic (exact) mass is 270 g/mol. The van der Waals surface area contributed by atoms with Gasteiger partial charge in [0.05, 0.1) is 8.07 Å². The van der Waals surface area contributed by atoms with Gasteiger partial charge < -0.3 is 5.11 Å². The Hall–Kier alpha value is -1.54. The van der Waals surface area contributed by atoms with E-state index in [2.05, 4.69) is 50.3 Å². The fraction of sp³-hybridized carbons (Fsp3) is 0.294. The molecular formula is C17H22OSi. The zero-order chi connectivity index (χ0) is 13.9. The Kier molecular flexibility index (Phi) is 4.10. The molecule has 100 valence electrons. The van der Waals surface area contributed by atoms with Gasteiger partial charge in [-0.05, 0) is 23.6 Å². The Bertz CT molecular complexity index is 534. The molecule has 19 heavy (non-hydrogen) atoms. The number of rotatable bonds is 4. The number of hydrogen-bond acceptors (Lipinski definition) is 1. The van der Waals surface area contributed by atoms with Crippen molar-refractivity contribution in [3.8, 4) is 5.75 Å². The van der Waals surface area contributed by atoms with Crippen LogP contribution in [0.5, 0.6) is 5.75 Å². The van der Waals surface area contributed by atoms with E-state index in [9.17, 15) is 5.11 Å². The van der Waals surface area contributed by atoms with Crippen LogP contribution < -0.4 is 5.19 Å². The lowest BCUT2D eigenvalue weighted by Gasteiger charge is -2.30. The largest absolute Gasteiger partial charge is 0.508 e. The quantitative estimate of drug-likeness (QED) is 0.834. The molecule has 2 aromatic rings. The summed E-state index contributed by atoms with van der Waals surface area (Å²) in [6.07, 6.45) is 0.945. The Morgan fingerprint density at radius 3 is 2.16 bits per heavy atom. The topological polar surface area (TPSA) is 20.2 Å². The van der Waals surface area contributed by atoms with Gasteiger partial charge in [-0.3, -0.25) is 0 Å². The highest BCUT2D eigenvalue weighted by Gasteiger charge is 2.30. The molecule has 0 fully saturated rings. The molecule has 1 atom stereocenters. The predicted molar refractivity (Wildman–Crippen MR) is 84.8 cm³/mol. The zero-order valence-electron chi connectivity index (χ0n) is 11.9. The van der Waals surface area contributed by atoms with E-state index in [1.165, 1.54) is 5.19 Å². The van der Waals surface area contributed by atoms with Gasteiger partial charge in [-0.25, -0.2) is 0 Å². The fourth-order valence-corrected chi connectivity index (χ4v) is 4.77. The Morgan fingerprint density at radius 2 is 1.53 bits per heavy atom. The molecule has 0 saturated heterocycles. The number of benzene rings is 2. The number of aromatic hydroxyl groups is 1. The predicted octanol–water partition coefficient (Wildman–Crippen LogP) is 3.94. The summed E-state index contributed by atoms with van der Waals surface area (Å²) in [6, 6.07) is 18.5. The Balaban J connectivity index is 2.20. The van der Waals surface area contributed by atoms with Gasteiger partial charge in [0.2, 0.25) is 0 Å². The minimum Gasteiger partial charge on any atom is -0.508 e. The van der Waals surface area contributed by atoms with Crippen molar-refractivity contribution < 1.29 is 5.11 Å². The fourth-order valence-electron chi connectivity index (χ4n) is 2.42. The molecule has 0 aliphatic carbocycles. The van der Waals surface area contributed by atoms with Crippen molar-refractivity contribution >= 4 is 13.3 Å².